The van der Waals surface area contributed by atoms with Crippen molar-refractivity contribution in [1.29, 1.82) is 0 Å². The summed E-state index contributed by atoms with van der Waals surface area (Å²) in [6, 6.07) is 6.40. The zero-order chi connectivity index (χ0) is 25.4. The molecule has 0 radical (unpaired) electrons. The molecule has 1 aliphatic rings. The lowest BCUT2D eigenvalue weighted by molar-refractivity contribution is 0.0538. The van der Waals surface area contributed by atoms with Crippen molar-refractivity contribution in [1.82, 2.24) is 30.2 Å². The number of aryl methyl sites for hydroxylation is 1. The normalized spacial score (nSPS) is 14.4. The summed E-state index contributed by atoms with van der Waals surface area (Å²) in [5, 5.41) is 6.56. The minimum Gasteiger partial charge on any atom is -0.348 e. The number of pyridine rings is 1. The van der Waals surface area contributed by atoms with Crippen LogP contribution in [0, 0.1) is 18.6 Å². The lowest BCUT2D eigenvalue weighted by Crippen LogP contribution is -2.61. The number of thiazole rings is 1. The quantitative estimate of drug-likeness (QED) is 0.409. The van der Waals surface area contributed by atoms with Gasteiger partial charge in [0.25, 0.3) is 11.8 Å². The van der Waals surface area contributed by atoms with Crippen molar-refractivity contribution in [3.05, 3.63) is 76.2 Å². The molecule has 0 bridgehead atoms. The number of hydrogen-bond donors (Lipinski definition) is 2. The number of rotatable bonds is 6. The van der Waals surface area contributed by atoms with E-state index in [1.807, 2.05) is 6.92 Å². The Hall–Kier alpha value is -4.06. The van der Waals surface area contributed by atoms with E-state index in [9.17, 15) is 18.4 Å². The summed E-state index contributed by atoms with van der Waals surface area (Å²) in [6.45, 7) is 4.13. The number of carbonyl (C=O) groups is 2. The fourth-order valence-corrected chi connectivity index (χ4v) is 4.71. The van der Waals surface area contributed by atoms with Crippen LogP contribution in [0.1, 0.15) is 44.4 Å². The number of carbonyl (C=O) groups excluding carboxylic acids is 2. The second-order valence-electron chi connectivity index (χ2n) is 8.44. The summed E-state index contributed by atoms with van der Waals surface area (Å²) < 4.78 is 28.0. The van der Waals surface area contributed by atoms with Crippen LogP contribution in [0.2, 0.25) is 0 Å². The predicted molar refractivity (Wildman–Crippen MR) is 130 cm³/mol. The van der Waals surface area contributed by atoms with Crippen molar-refractivity contribution in [2.24, 2.45) is 0 Å². The third-order valence-electron chi connectivity index (χ3n) is 5.76. The molecule has 4 heterocycles. The second-order valence-corrected chi connectivity index (χ2v) is 9.65. The molecular formula is C24H21F2N7O2S. The van der Waals surface area contributed by atoms with Crippen LogP contribution >= 0.6 is 11.3 Å². The number of nitrogens with zero attached hydrogens (tertiary/aromatic N) is 5. The van der Waals surface area contributed by atoms with E-state index in [0.29, 0.717) is 15.9 Å². The molecule has 1 aromatic carbocycles. The molecule has 0 spiro atoms. The summed E-state index contributed by atoms with van der Waals surface area (Å²) in [6.07, 6.45) is 2.65. The van der Waals surface area contributed by atoms with Gasteiger partial charge in [0.15, 0.2) is 11.3 Å². The van der Waals surface area contributed by atoms with E-state index in [4.69, 9.17) is 0 Å². The van der Waals surface area contributed by atoms with Crippen LogP contribution < -0.4 is 10.6 Å². The molecule has 0 saturated carbocycles. The smallest absolute Gasteiger partial charge is 0.274 e. The topological polar surface area (TPSA) is 113 Å². The highest BCUT2D eigenvalue weighted by atomic mass is 32.1. The number of likely N-dealkylation sites (tertiary alicyclic amines) is 1. The molecule has 1 aliphatic heterocycles. The third kappa shape index (κ3) is 4.71. The first-order chi connectivity index (χ1) is 17.3. The first kappa shape index (κ1) is 23.7. The monoisotopic (exact) mass is 509 g/mol. The van der Waals surface area contributed by atoms with Gasteiger partial charge in [-0.1, -0.05) is 12.1 Å². The van der Waals surface area contributed by atoms with E-state index in [1.165, 1.54) is 41.8 Å². The van der Waals surface area contributed by atoms with Gasteiger partial charge in [-0.15, -0.1) is 11.3 Å². The average molecular weight is 510 g/mol. The zero-order valence-electron chi connectivity index (χ0n) is 19.3. The van der Waals surface area contributed by atoms with Gasteiger partial charge in [0, 0.05) is 19.3 Å². The molecule has 5 rings (SSSR count). The molecule has 1 unspecified atom stereocenters. The highest BCUT2D eigenvalue weighted by Crippen LogP contribution is 2.28. The minimum atomic E-state index is -0.602. The lowest BCUT2D eigenvalue weighted by atomic mass is 10.1. The summed E-state index contributed by atoms with van der Waals surface area (Å²) in [7, 11) is 0. The zero-order valence-corrected chi connectivity index (χ0v) is 20.1. The molecule has 4 aromatic rings. The van der Waals surface area contributed by atoms with Gasteiger partial charge in [-0.2, -0.15) is 4.98 Å². The van der Waals surface area contributed by atoms with E-state index in [1.54, 1.807) is 17.9 Å². The van der Waals surface area contributed by atoms with Gasteiger partial charge in [0.2, 0.25) is 5.95 Å². The van der Waals surface area contributed by atoms with E-state index < -0.39 is 17.5 Å². The van der Waals surface area contributed by atoms with Crippen molar-refractivity contribution in [2.75, 3.05) is 18.4 Å². The fraction of sp³-hybridized carbons (Fsp3) is 0.250. The molecule has 2 amide bonds. The first-order valence-electron chi connectivity index (χ1n) is 11.2. The molecular weight excluding hydrogens is 488 g/mol. The highest BCUT2D eigenvalue weighted by molar-refractivity contribution is 7.18. The molecule has 9 nitrogen and oxygen atoms in total. The van der Waals surface area contributed by atoms with Crippen LogP contribution in [-0.4, -0.2) is 55.8 Å². The number of anilines is 1. The van der Waals surface area contributed by atoms with Crippen LogP contribution in [0.3, 0.4) is 0 Å². The van der Waals surface area contributed by atoms with Gasteiger partial charge in [-0.05, 0) is 37.6 Å². The third-order valence-corrected chi connectivity index (χ3v) is 6.72. The van der Waals surface area contributed by atoms with Crippen molar-refractivity contribution in [3.8, 4) is 0 Å². The maximum atomic E-state index is 13.9. The van der Waals surface area contributed by atoms with Crippen molar-refractivity contribution >= 4 is 39.4 Å². The number of amides is 2. The Kier molecular flexibility index (Phi) is 6.27. The number of halogens is 2. The molecule has 1 atom stereocenters. The summed E-state index contributed by atoms with van der Waals surface area (Å²) in [5.74, 6) is -1.74. The fourth-order valence-electron chi connectivity index (χ4n) is 3.87. The number of benzene rings is 1. The second kappa shape index (κ2) is 9.53. The van der Waals surface area contributed by atoms with Crippen LogP contribution in [0.4, 0.5) is 14.7 Å². The summed E-state index contributed by atoms with van der Waals surface area (Å²) in [5.41, 5.74) is 1.12. The highest BCUT2D eigenvalue weighted by Gasteiger charge is 2.35. The maximum Gasteiger partial charge on any atom is 0.274 e. The Labute approximate surface area is 208 Å². The van der Waals surface area contributed by atoms with Gasteiger partial charge < -0.3 is 15.5 Å². The van der Waals surface area contributed by atoms with Crippen molar-refractivity contribution in [2.45, 2.75) is 25.9 Å². The molecule has 12 heteroatoms. The van der Waals surface area contributed by atoms with Gasteiger partial charge in [0.1, 0.15) is 16.3 Å². The SMILES string of the molecule is Cc1nc2nc(NC(C)c3cncc(F)c3)nc(C(=O)N3CC(NC(=O)c4ccccc4F)C3)c2s1. The lowest BCUT2D eigenvalue weighted by Gasteiger charge is -2.39. The van der Waals surface area contributed by atoms with Gasteiger partial charge in [0.05, 0.1) is 28.9 Å². The molecule has 2 N–H and O–H groups in total. The Morgan fingerprint density at radius 3 is 2.67 bits per heavy atom. The van der Waals surface area contributed by atoms with E-state index >= 15 is 0 Å². The average Bonchev–Trinajstić information content (AvgIpc) is 3.20. The molecule has 36 heavy (non-hydrogen) atoms. The molecule has 1 fully saturated rings. The van der Waals surface area contributed by atoms with Crippen LogP contribution in [0.25, 0.3) is 10.3 Å². The van der Waals surface area contributed by atoms with E-state index in [2.05, 4.69) is 30.6 Å². The van der Waals surface area contributed by atoms with Crippen LogP contribution in [0.5, 0.6) is 0 Å². The van der Waals surface area contributed by atoms with Gasteiger partial charge >= 0.3 is 0 Å². The Bertz CT molecular complexity index is 1470. The predicted octanol–water partition coefficient (Wildman–Crippen LogP) is 3.50. The number of aromatic nitrogens is 4. The first-order valence-corrected chi connectivity index (χ1v) is 12.0. The van der Waals surface area contributed by atoms with Crippen molar-refractivity contribution < 1.29 is 18.4 Å². The summed E-state index contributed by atoms with van der Waals surface area (Å²) in [4.78, 5) is 44.4. The van der Waals surface area contributed by atoms with Gasteiger partial charge in [-0.3, -0.25) is 14.6 Å². The molecule has 3 aromatic heterocycles. The Morgan fingerprint density at radius 2 is 1.92 bits per heavy atom. The molecule has 1 saturated heterocycles. The number of fused-ring (bicyclic) bond motifs is 1. The van der Waals surface area contributed by atoms with Crippen molar-refractivity contribution in [3.63, 3.8) is 0 Å². The Morgan fingerprint density at radius 1 is 1.14 bits per heavy atom. The van der Waals surface area contributed by atoms with Crippen LogP contribution in [-0.2, 0) is 0 Å². The standard InChI is InChI=1S/C24H21F2N7O2S/c1-12(14-7-15(25)9-27-8-14)28-24-31-19(20-21(32-24)29-13(2)36-20)23(35)33-10-16(11-33)30-22(34)17-5-3-4-6-18(17)26/h3-9,12,16H,10-11H2,1-2H3,(H,30,34)(H,28,31,32). The molecule has 184 valence electrons. The number of hydrogen-bond acceptors (Lipinski definition) is 8. The Balaban J connectivity index is 1.32. The number of nitrogens with one attached hydrogen (secondary N) is 2. The minimum absolute atomic E-state index is 0.0433. The largest absolute Gasteiger partial charge is 0.348 e. The van der Waals surface area contributed by atoms with E-state index in [0.717, 1.165) is 11.2 Å². The summed E-state index contributed by atoms with van der Waals surface area (Å²) >= 11 is 1.31. The van der Waals surface area contributed by atoms with Crippen LogP contribution in [0.15, 0.2) is 42.7 Å². The van der Waals surface area contributed by atoms with Gasteiger partial charge in [-0.25, -0.2) is 18.7 Å². The maximum absolute atomic E-state index is 13.9. The van der Waals surface area contributed by atoms with E-state index in [-0.39, 0.29) is 48.3 Å². The molecule has 0 aliphatic carbocycles.